The average molecular weight is 1590 g/mol. The van der Waals surface area contributed by atoms with Crippen molar-refractivity contribution in [2.24, 2.45) is 0 Å². The largest absolute Gasteiger partial charge is 0.455 e. The molecule has 0 fully saturated rings. The Morgan fingerprint density at radius 1 is 0.244 bits per heavy atom. The van der Waals surface area contributed by atoms with Crippen LogP contribution in [0.2, 0.25) is 0 Å². The molecule has 0 saturated heterocycles. The van der Waals surface area contributed by atoms with Crippen LogP contribution in [0.3, 0.4) is 0 Å². The lowest BCUT2D eigenvalue weighted by atomic mass is 9.82. The quantitative estimate of drug-likeness (QED) is 0.166. The molecule has 15 aromatic carbocycles. The van der Waals surface area contributed by atoms with Crippen LogP contribution in [0.25, 0.3) is 230 Å². The third-order valence-corrected chi connectivity index (χ3v) is 29.4. The van der Waals surface area contributed by atoms with E-state index in [1.54, 1.807) is 0 Å². The lowest BCUT2D eigenvalue weighted by Gasteiger charge is -2.21. The summed E-state index contributed by atoms with van der Waals surface area (Å²) in [5.41, 5.74) is 21.2. The van der Waals surface area contributed by atoms with Crippen LogP contribution in [0.15, 0.2) is 369 Å². The maximum absolute atomic E-state index is 6.29. The number of hydrogen-bond donors (Lipinski definition) is 0. The van der Waals surface area contributed by atoms with Crippen molar-refractivity contribution in [2.45, 2.75) is 19.3 Å². The van der Waals surface area contributed by atoms with E-state index >= 15 is 0 Å². The summed E-state index contributed by atoms with van der Waals surface area (Å²) in [5, 5.41) is 20.4. The molecule has 1 aliphatic carbocycles. The van der Waals surface area contributed by atoms with Gasteiger partial charge in [-0.2, -0.15) is 0 Å². The Hall–Kier alpha value is -14.2. The van der Waals surface area contributed by atoms with Gasteiger partial charge in [0.15, 0.2) is 0 Å². The third kappa shape index (κ3) is 10.5. The van der Waals surface area contributed by atoms with Gasteiger partial charge >= 0.3 is 0 Å². The van der Waals surface area contributed by atoms with Crippen molar-refractivity contribution in [2.75, 3.05) is 0 Å². The lowest BCUT2D eigenvalue weighted by Crippen LogP contribution is -2.14. The highest BCUT2D eigenvalue weighted by atomic mass is 32.1. The number of thiophene rings is 4. The first-order valence-electron chi connectivity index (χ1n) is 40.2. The van der Waals surface area contributed by atoms with Gasteiger partial charge in [0.1, 0.15) is 28.6 Å². The van der Waals surface area contributed by atoms with Crippen molar-refractivity contribution in [3.63, 3.8) is 0 Å². The van der Waals surface area contributed by atoms with Gasteiger partial charge in [0.05, 0.1) is 33.1 Å². The smallest absolute Gasteiger partial charge is 0.143 e. The number of nitrogens with zero attached hydrogens (tertiary/aromatic N) is 6. The van der Waals surface area contributed by atoms with Gasteiger partial charge < -0.3 is 4.42 Å². The van der Waals surface area contributed by atoms with E-state index in [9.17, 15) is 0 Å². The lowest BCUT2D eigenvalue weighted by molar-refractivity contribution is 0.660. The van der Waals surface area contributed by atoms with Gasteiger partial charge in [-0.05, 0) is 167 Å². The molecule has 558 valence electrons. The number of hydrogen-bond acceptors (Lipinski definition) is 8. The summed E-state index contributed by atoms with van der Waals surface area (Å²) in [6.45, 7) is 4.65. The number of furan rings is 1. The number of benzene rings is 15. The molecular formula is C108H66N6OS4. The molecule has 11 heteroatoms. The second kappa shape index (κ2) is 26.4. The molecule has 0 unspecified atom stereocenters. The van der Waals surface area contributed by atoms with Gasteiger partial charge in [0.25, 0.3) is 0 Å². The fourth-order valence-electron chi connectivity index (χ4n) is 19.3. The van der Waals surface area contributed by atoms with Crippen LogP contribution >= 0.6 is 45.3 Å². The molecule has 0 bridgehead atoms. The summed E-state index contributed by atoms with van der Waals surface area (Å²) in [5.74, 6) is 2.78. The second-order valence-corrected chi connectivity index (χ2v) is 36.0. The normalized spacial score (nSPS) is 12.7. The van der Waals surface area contributed by atoms with Crippen LogP contribution in [-0.2, 0) is 5.41 Å². The molecule has 11 aromatic heterocycles. The van der Waals surface area contributed by atoms with E-state index < -0.39 is 0 Å². The van der Waals surface area contributed by atoms with E-state index in [-0.39, 0.29) is 5.41 Å². The van der Waals surface area contributed by atoms with E-state index in [0.717, 1.165) is 67.2 Å². The first-order valence-corrected chi connectivity index (χ1v) is 43.5. The molecule has 0 radical (unpaired) electrons. The van der Waals surface area contributed by atoms with Gasteiger partial charge in [-0.25, -0.2) is 15.0 Å². The Morgan fingerprint density at radius 2 is 0.697 bits per heavy atom. The van der Waals surface area contributed by atoms with Crippen molar-refractivity contribution in [3.8, 4) is 62.0 Å². The predicted molar refractivity (Wildman–Crippen MR) is 508 cm³/mol. The minimum Gasteiger partial charge on any atom is -0.455 e. The molecule has 119 heavy (non-hydrogen) atoms. The SMILES string of the molecule is CC1(C)c2ccccc2-c2cc(-c3ccc(-n4c5ccccc5c5cc6c(cc54)sc4ccccc46)nc3)ccc21.c1ccc2c(c1)oc1c(-c3ccc(-n4c5ccccc5c5c6c(ccc54)sc4ccccc46)nc3)cccc12.c1ccc2c(c1)sc1ccc(-c3ccc(-n4c5ccccc5c5ccc6sc7ccccc7c6c54)nc3)cc12. The number of fused-ring (bicyclic) bond motifs is 29. The number of rotatable bonds is 6. The molecular weight excluding hydrogens is 1530 g/mol. The third-order valence-electron chi connectivity index (χ3n) is 24.8. The van der Waals surface area contributed by atoms with Crippen LogP contribution in [-0.4, -0.2) is 28.7 Å². The molecule has 0 saturated carbocycles. The maximum atomic E-state index is 6.29. The number of para-hydroxylation sites is 5. The first-order chi connectivity index (χ1) is 58.8. The molecule has 7 nitrogen and oxygen atoms in total. The Balaban J connectivity index is 0.0000000992. The fourth-order valence-corrected chi connectivity index (χ4v) is 23.7. The van der Waals surface area contributed by atoms with Crippen molar-refractivity contribution >= 4 is 213 Å². The van der Waals surface area contributed by atoms with E-state index in [4.69, 9.17) is 19.4 Å². The van der Waals surface area contributed by atoms with Gasteiger partial charge in [0.2, 0.25) is 0 Å². The number of pyridine rings is 3. The predicted octanol–water partition coefficient (Wildman–Crippen LogP) is 31.2. The van der Waals surface area contributed by atoms with Crippen LogP contribution in [0.1, 0.15) is 25.0 Å². The van der Waals surface area contributed by atoms with Crippen molar-refractivity contribution in [3.05, 3.63) is 376 Å². The Morgan fingerprint density at radius 3 is 1.39 bits per heavy atom. The minimum atomic E-state index is 0.0168. The number of aromatic nitrogens is 6. The summed E-state index contributed by atoms with van der Waals surface area (Å²) in [6, 6.07) is 125. The highest BCUT2D eigenvalue weighted by Crippen LogP contribution is 2.52. The molecule has 1 aliphatic rings. The summed E-state index contributed by atoms with van der Waals surface area (Å²) in [6.07, 6.45) is 6.02. The standard InChI is InChI=1S/C38H26N2S.C35H20N2OS.C35H20N2S2/c1-38(2)31-12-6-3-9-25(31)28-19-23(15-17-32(28)38)24-16-18-37(39-22-24)40-33-13-7-4-10-26(33)29-20-30-27-11-5-8-14-35(27)41-36(30)21-34(29)40;1-4-13-27-25(9-1)33-28(17-18-31-34(33)26-10-3-6-15-30(26)39-31)37(27)32-19-16-21(20-36-32)22-11-7-12-24-23-8-2-5-14-29(23)38-35(22)24;1-4-10-28-23(7-1)25-15-17-32-34(26-9-3-6-12-30(26)39-32)35(25)37(28)33-18-14-22(20-36-33)21-13-16-31-27(19-21)24-8-2-5-11-29(24)38-31/h3-22H,1-2H3;2*1-20H. The second-order valence-electron chi connectivity index (χ2n) is 31.6. The van der Waals surface area contributed by atoms with Crippen LogP contribution in [0.4, 0.5) is 0 Å². The molecule has 0 aliphatic heterocycles. The van der Waals surface area contributed by atoms with Crippen LogP contribution < -0.4 is 0 Å². The highest BCUT2D eigenvalue weighted by molar-refractivity contribution is 7.27. The molecule has 11 heterocycles. The molecule has 0 amide bonds. The molecule has 0 spiro atoms. The zero-order valence-corrected chi connectivity index (χ0v) is 67.6. The Bertz CT molecular complexity index is 8720. The van der Waals surface area contributed by atoms with Gasteiger partial charge in [-0.1, -0.05) is 226 Å². The van der Waals surface area contributed by atoms with E-state index in [1.165, 1.54) is 174 Å². The molecule has 27 rings (SSSR count). The van der Waals surface area contributed by atoms with Gasteiger partial charge in [-0.15, -0.1) is 45.3 Å². The van der Waals surface area contributed by atoms with Gasteiger partial charge in [0, 0.05) is 170 Å². The summed E-state index contributed by atoms with van der Waals surface area (Å²) >= 11 is 7.43. The first kappa shape index (κ1) is 68.1. The summed E-state index contributed by atoms with van der Waals surface area (Å²) in [4.78, 5) is 15.1. The molecule has 26 aromatic rings. The van der Waals surface area contributed by atoms with Crippen LogP contribution in [0.5, 0.6) is 0 Å². The van der Waals surface area contributed by atoms with E-state index in [0.29, 0.717) is 0 Å². The minimum absolute atomic E-state index is 0.0168. The van der Waals surface area contributed by atoms with Gasteiger partial charge in [-0.3, -0.25) is 13.7 Å². The summed E-state index contributed by atoms with van der Waals surface area (Å²) < 4.78 is 23.8. The zero-order chi connectivity index (χ0) is 78.3. The average Bonchev–Trinajstić information content (AvgIpc) is 1.57. The fraction of sp³-hybridized carbons (Fsp3) is 0.0278. The van der Waals surface area contributed by atoms with Crippen LogP contribution in [0, 0.1) is 0 Å². The Labute approximate surface area is 697 Å². The maximum Gasteiger partial charge on any atom is 0.143 e. The molecule has 0 N–H and O–H groups in total. The monoisotopic (exact) mass is 1590 g/mol. The molecule has 0 atom stereocenters. The Kier molecular flexibility index (Phi) is 15.1. The van der Waals surface area contributed by atoms with E-state index in [2.05, 4.69) is 361 Å². The van der Waals surface area contributed by atoms with Crippen molar-refractivity contribution in [1.82, 2.24) is 28.7 Å². The zero-order valence-electron chi connectivity index (χ0n) is 64.4. The summed E-state index contributed by atoms with van der Waals surface area (Å²) in [7, 11) is 0. The topological polar surface area (TPSA) is 66.6 Å². The highest BCUT2D eigenvalue weighted by Gasteiger charge is 2.35. The van der Waals surface area contributed by atoms with E-state index in [1.807, 2.05) is 76.1 Å². The van der Waals surface area contributed by atoms with Crippen molar-refractivity contribution < 1.29 is 4.42 Å². The van der Waals surface area contributed by atoms with Crippen molar-refractivity contribution in [1.29, 1.82) is 0 Å².